The number of fused-ring (bicyclic) bond motifs is 1. The predicted molar refractivity (Wildman–Crippen MR) is 84.5 cm³/mol. The molecule has 0 saturated heterocycles. The molecule has 2 N–H and O–H groups in total. The van der Waals surface area contributed by atoms with Gasteiger partial charge < -0.3 is 10.5 Å². The first-order valence-electron chi connectivity index (χ1n) is 6.41. The molecule has 0 saturated carbocycles. The van der Waals surface area contributed by atoms with Gasteiger partial charge in [-0.1, -0.05) is 0 Å². The molecule has 1 aromatic carbocycles. The van der Waals surface area contributed by atoms with Crippen LogP contribution in [0.4, 0.5) is 0 Å². The van der Waals surface area contributed by atoms with Crippen molar-refractivity contribution in [3.63, 3.8) is 0 Å². The number of rotatable bonds is 4. The van der Waals surface area contributed by atoms with Crippen LogP contribution in [-0.2, 0) is 6.54 Å². The molecule has 0 aliphatic rings. The van der Waals surface area contributed by atoms with Gasteiger partial charge in [0.25, 0.3) is 0 Å². The molecule has 0 spiro atoms. The minimum atomic E-state index is 0.477. The number of hydrogen-bond donors (Lipinski definition) is 1. The van der Waals surface area contributed by atoms with Crippen LogP contribution in [0.2, 0.25) is 0 Å². The number of ether oxygens (including phenoxy) is 1. The van der Waals surface area contributed by atoms with E-state index in [1.165, 1.54) is 0 Å². The standard InChI is InChI=1S/C14H15N3OS2/c1-3-18-9-4-5-10-11(6-9)19-14(17-10)13-8(2)16-12(7-15)20-13/h4-6H,3,7,15H2,1-2H3. The molecule has 4 nitrogen and oxygen atoms in total. The van der Waals surface area contributed by atoms with Crippen LogP contribution in [0.1, 0.15) is 17.6 Å². The van der Waals surface area contributed by atoms with Gasteiger partial charge in [-0.05, 0) is 32.0 Å². The Morgan fingerprint density at radius 3 is 2.80 bits per heavy atom. The number of benzene rings is 1. The fraction of sp³-hybridized carbons (Fsp3) is 0.286. The molecule has 6 heteroatoms. The van der Waals surface area contributed by atoms with Crippen molar-refractivity contribution in [1.29, 1.82) is 0 Å². The SMILES string of the molecule is CCOc1ccc2nc(-c3sc(CN)nc3C)sc2c1. The Morgan fingerprint density at radius 2 is 2.10 bits per heavy atom. The molecular formula is C14H15N3OS2. The van der Waals surface area contributed by atoms with Crippen molar-refractivity contribution in [3.8, 4) is 15.6 Å². The number of nitrogens with two attached hydrogens (primary N) is 1. The van der Waals surface area contributed by atoms with Crippen LogP contribution in [0.15, 0.2) is 18.2 Å². The van der Waals surface area contributed by atoms with Gasteiger partial charge >= 0.3 is 0 Å². The van der Waals surface area contributed by atoms with E-state index in [0.29, 0.717) is 13.2 Å². The van der Waals surface area contributed by atoms with Crippen molar-refractivity contribution in [2.24, 2.45) is 5.73 Å². The summed E-state index contributed by atoms with van der Waals surface area (Å²) in [4.78, 5) is 10.3. The topological polar surface area (TPSA) is 61.0 Å². The summed E-state index contributed by atoms with van der Waals surface area (Å²) in [5.74, 6) is 0.888. The van der Waals surface area contributed by atoms with Crippen LogP contribution in [0.5, 0.6) is 5.75 Å². The molecule has 3 rings (SSSR count). The highest BCUT2D eigenvalue weighted by molar-refractivity contribution is 7.25. The molecule has 0 radical (unpaired) electrons. The summed E-state index contributed by atoms with van der Waals surface area (Å²) in [6, 6.07) is 6.00. The Hall–Kier alpha value is -1.50. The van der Waals surface area contributed by atoms with E-state index in [0.717, 1.165) is 36.6 Å². The van der Waals surface area contributed by atoms with Gasteiger partial charge in [-0.25, -0.2) is 9.97 Å². The molecule has 0 aliphatic heterocycles. The van der Waals surface area contributed by atoms with E-state index in [4.69, 9.17) is 10.5 Å². The van der Waals surface area contributed by atoms with Crippen molar-refractivity contribution >= 4 is 32.9 Å². The monoisotopic (exact) mass is 305 g/mol. The van der Waals surface area contributed by atoms with Crippen molar-refractivity contribution in [2.75, 3.05) is 6.61 Å². The van der Waals surface area contributed by atoms with Crippen molar-refractivity contribution in [1.82, 2.24) is 9.97 Å². The lowest BCUT2D eigenvalue weighted by atomic mass is 10.3. The molecule has 3 aromatic rings. The minimum Gasteiger partial charge on any atom is -0.494 e. The summed E-state index contributed by atoms with van der Waals surface area (Å²) >= 11 is 3.29. The van der Waals surface area contributed by atoms with E-state index in [2.05, 4.69) is 9.97 Å². The lowest BCUT2D eigenvalue weighted by molar-refractivity contribution is 0.341. The van der Waals surface area contributed by atoms with Gasteiger partial charge in [-0.3, -0.25) is 0 Å². The summed E-state index contributed by atoms with van der Waals surface area (Å²) < 4.78 is 6.66. The quantitative estimate of drug-likeness (QED) is 0.800. The van der Waals surface area contributed by atoms with Gasteiger partial charge in [0, 0.05) is 6.54 Å². The van der Waals surface area contributed by atoms with Crippen LogP contribution in [-0.4, -0.2) is 16.6 Å². The van der Waals surface area contributed by atoms with Crippen LogP contribution < -0.4 is 10.5 Å². The fourth-order valence-electron chi connectivity index (χ4n) is 2.00. The van der Waals surface area contributed by atoms with Crippen molar-refractivity contribution in [3.05, 3.63) is 28.9 Å². The Balaban J connectivity index is 2.05. The molecule has 0 fully saturated rings. The van der Waals surface area contributed by atoms with E-state index in [1.807, 2.05) is 32.0 Å². The maximum atomic E-state index is 5.65. The third-order valence-corrected chi connectivity index (χ3v) is 5.23. The van der Waals surface area contributed by atoms with E-state index in [-0.39, 0.29) is 0 Å². The Morgan fingerprint density at radius 1 is 1.25 bits per heavy atom. The van der Waals surface area contributed by atoms with Crippen LogP contribution >= 0.6 is 22.7 Å². The van der Waals surface area contributed by atoms with Gasteiger partial charge in [-0.15, -0.1) is 22.7 Å². The van der Waals surface area contributed by atoms with Gasteiger partial charge in [0.1, 0.15) is 15.8 Å². The maximum Gasteiger partial charge on any atom is 0.136 e. The average molecular weight is 305 g/mol. The molecule has 0 aliphatic carbocycles. The maximum absolute atomic E-state index is 5.65. The van der Waals surface area contributed by atoms with Crippen molar-refractivity contribution in [2.45, 2.75) is 20.4 Å². The highest BCUT2D eigenvalue weighted by atomic mass is 32.1. The van der Waals surface area contributed by atoms with Crippen LogP contribution in [0.25, 0.3) is 20.1 Å². The molecule has 0 amide bonds. The lowest BCUT2D eigenvalue weighted by Crippen LogP contribution is -1.94. The normalized spacial score (nSPS) is 11.2. The van der Waals surface area contributed by atoms with Crippen LogP contribution in [0.3, 0.4) is 0 Å². The number of hydrogen-bond acceptors (Lipinski definition) is 6. The molecular weight excluding hydrogens is 290 g/mol. The summed E-state index contributed by atoms with van der Waals surface area (Å²) in [5, 5.41) is 1.95. The Bertz CT molecular complexity index is 748. The molecule has 0 bridgehead atoms. The molecule has 2 aromatic heterocycles. The third kappa shape index (κ3) is 2.42. The zero-order chi connectivity index (χ0) is 14.1. The molecule has 20 heavy (non-hydrogen) atoms. The molecule has 2 heterocycles. The van der Waals surface area contributed by atoms with E-state index >= 15 is 0 Å². The van der Waals surface area contributed by atoms with Gasteiger partial charge in [0.2, 0.25) is 0 Å². The van der Waals surface area contributed by atoms with Crippen molar-refractivity contribution < 1.29 is 4.74 Å². The first-order chi connectivity index (χ1) is 9.71. The summed E-state index contributed by atoms with van der Waals surface area (Å²) in [6.45, 7) is 5.13. The highest BCUT2D eigenvalue weighted by Gasteiger charge is 2.14. The number of aromatic nitrogens is 2. The molecule has 0 atom stereocenters. The van der Waals surface area contributed by atoms with E-state index in [9.17, 15) is 0 Å². The second kappa shape index (κ2) is 5.47. The fourth-order valence-corrected chi connectivity index (χ4v) is 4.06. The Kier molecular flexibility index (Phi) is 3.69. The second-order valence-corrected chi connectivity index (χ2v) is 6.42. The smallest absolute Gasteiger partial charge is 0.136 e. The van der Waals surface area contributed by atoms with Gasteiger partial charge in [0.15, 0.2) is 0 Å². The summed E-state index contributed by atoms with van der Waals surface area (Å²) in [6.07, 6.45) is 0. The predicted octanol–water partition coefficient (Wildman–Crippen LogP) is 3.59. The average Bonchev–Trinajstić information content (AvgIpc) is 3.01. The van der Waals surface area contributed by atoms with E-state index < -0.39 is 0 Å². The Labute approximate surface area is 125 Å². The first-order valence-corrected chi connectivity index (χ1v) is 8.04. The first kappa shape index (κ1) is 13.5. The second-order valence-electron chi connectivity index (χ2n) is 4.31. The van der Waals surface area contributed by atoms with E-state index in [1.54, 1.807) is 22.7 Å². The van der Waals surface area contributed by atoms with Gasteiger partial charge in [0.05, 0.1) is 27.4 Å². The zero-order valence-corrected chi connectivity index (χ0v) is 13.0. The zero-order valence-electron chi connectivity index (χ0n) is 11.3. The van der Waals surface area contributed by atoms with Crippen LogP contribution in [0, 0.1) is 6.92 Å². The number of nitrogens with zero attached hydrogens (tertiary/aromatic N) is 2. The largest absolute Gasteiger partial charge is 0.494 e. The molecule has 104 valence electrons. The summed E-state index contributed by atoms with van der Waals surface area (Å²) in [7, 11) is 0. The lowest BCUT2D eigenvalue weighted by Gasteiger charge is -2.00. The minimum absolute atomic E-state index is 0.477. The van der Waals surface area contributed by atoms with Gasteiger partial charge in [-0.2, -0.15) is 0 Å². The summed E-state index contributed by atoms with van der Waals surface area (Å²) in [5.41, 5.74) is 7.65. The highest BCUT2D eigenvalue weighted by Crippen LogP contribution is 2.36. The molecule has 0 unspecified atom stereocenters. The number of thiazole rings is 2. The third-order valence-electron chi connectivity index (χ3n) is 2.88. The number of aryl methyl sites for hydroxylation is 1.